The average Bonchev–Trinajstić information content (AvgIpc) is 3.03. The maximum atomic E-state index is 5.10. The average molecular weight is 175 g/mol. The number of epoxide rings is 1. The molecular weight excluding hydrogens is 159 g/mol. The van der Waals surface area contributed by atoms with Crippen molar-refractivity contribution in [2.75, 3.05) is 6.61 Å². The Balaban J connectivity index is 0.000000396. The highest BCUT2D eigenvalue weighted by Crippen LogP contribution is 2.12. The van der Waals surface area contributed by atoms with Gasteiger partial charge in [0, 0.05) is 0 Å². The number of ether oxygens (including phenoxy) is 1. The molecule has 0 spiro atoms. The van der Waals surface area contributed by atoms with Crippen LogP contribution in [0.5, 0.6) is 0 Å². The molecule has 1 nitrogen and oxygen atoms in total. The standard InChI is InChI=1S/C9H10BO.C2H6/c1-2-4-8(5-3-1)10-6-9-7-11-9;1-2/h1-5,9H,6-7H2;1-2H3. The van der Waals surface area contributed by atoms with Gasteiger partial charge in [-0.05, 0) is 6.32 Å². The molecule has 1 heterocycles. The first-order valence-corrected chi connectivity index (χ1v) is 4.95. The Morgan fingerprint density at radius 2 is 1.92 bits per heavy atom. The molecule has 1 aromatic carbocycles. The van der Waals surface area contributed by atoms with E-state index < -0.39 is 0 Å². The lowest BCUT2D eigenvalue weighted by Crippen LogP contribution is -2.14. The molecule has 2 heteroatoms. The molecule has 0 aromatic heterocycles. The number of hydrogen-bond donors (Lipinski definition) is 0. The van der Waals surface area contributed by atoms with Gasteiger partial charge in [-0.2, -0.15) is 0 Å². The van der Waals surface area contributed by atoms with Crippen LogP contribution in [-0.2, 0) is 4.74 Å². The van der Waals surface area contributed by atoms with E-state index in [-0.39, 0.29) is 0 Å². The Labute approximate surface area is 81.4 Å². The molecule has 1 aliphatic rings. The third-order valence-corrected chi connectivity index (χ3v) is 1.82. The first kappa shape index (κ1) is 10.3. The highest BCUT2D eigenvalue weighted by atomic mass is 16.6. The van der Waals surface area contributed by atoms with E-state index in [4.69, 9.17) is 4.74 Å². The second-order valence-corrected chi connectivity index (χ2v) is 2.81. The van der Waals surface area contributed by atoms with Crippen molar-refractivity contribution in [3.05, 3.63) is 30.3 Å². The van der Waals surface area contributed by atoms with Crippen LogP contribution >= 0.6 is 0 Å². The lowest BCUT2D eigenvalue weighted by molar-refractivity contribution is 0.423. The summed E-state index contributed by atoms with van der Waals surface area (Å²) in [6.07, 6.45) is 1.57. The van der Waals surface area contributed by atoms with Crippen molar-refractivity contribution < 1.29 is 4.74 Å². The molecule has 2 rings (SSSR count). The van der Waals surface area contributed by atoms with E-state index in [2.05, 4.69) is 31.5 Å². The highest BCUT2D eigenvalue weighted by molar-refractivity contribution is 6.53. The molecule has 1 aromatic rings. The molecule has 0 N–H and O–H groups in total. The Bertz CT molecular complexity index is 219. The fraction of sp³-hybridized carbons (Fsp3) is 0.455. The molecule has 1 radical (unpaired) electrons. The van der Waals surface area contributed by atoms with Crippen molar-refractivity contribution in [3.8, 4) is 0 Å². The summed E-state index contributed by atoms with van der Waals surface area (Å²) in [5.74, 6) is 0. The Morgan fingerprint density at radius 3 is 2.46 bits per heavy atom. The van der Waals surface area contributed by atoms with E-state index in [0.29, 0.717) is 6.10 Å². The molecule has 1 saturated heterocycles. The molecule has 1 fully saturated rings. The molecule has 1 aliphatic heterocycles. The maximum absolute atomic E-state index is 5.10. The summed E-state index contributed by atoms with van der Waals surface area (Å²) < 4.78 is 5.10. The Hall–Kier alpha value is -0.755. The normalized spacial score (nSPS) is 18.5. The van der Waals surface area contributed by atoms with Crippen LogP contribution in [0.4, 0.5) is 0 Å². The van der Waals surface area contributed by atoms with Gasteiger partial charge < -0.3 is 4.74 Å². The largest absolute Gasteiger partial charge is 0.374 e. The second kappa shape index (κ2) is 5.82. The van der Waals surface area contributed by atoms with Crippen molar-refractivity contribution in [1.29, 1.82) is 0 Å². The second-order valence-electron chi connectivity index (χ2n) is 2.81. The quantitative estimate of drug-likeness (QED) is 0.504. The third-order valence-electron chi connectivity index (χ3n) is 1.82. The molecule has 13 heavy (non-hydrogen) atoms. The lowest BCUT2D eigenvalue weighted by Gasteiger charge is -1.94. The van der Waals surface area contributed by atoms with Gasteiger partial charge in [-0.3, -0.25) is 0 Å². The molecule has 0 bridgehead atoms. The van der Waals surface area contributed by atoms with Gasteiger partial charge in [0.05, 0.1) is 12.7 Å². The predicted octanol–water partition coefficient (Wildman–Crippen LogP) is 1.86. The fourth-order valence-electron chi connectivity index (χ4n) is 1.06. The van der Waals surface area contributed by atoms with Gasteiger partial charge in [0.1, 0.15) is 0 Å². The Morgan fingerprint density at radius 1 is 1.31 bits per heavy atom. The SMILES string of the molecule is CC.[B](CC1CO1)c1ccccc1. The molecule has 1 atom stereocenters. The molecule has 69 valence electrons. The van der Waals surface area contributed by atoms with Crippen LogP contribution in [-0.4, -0.2) is 20.0 Å². The summed E-state index contributed by atoms with van der Waals surface area (Å²) in [6.45, 7) is 4.95. The zero-order valence-corrected chi connectivity index (χ0v) is 8.36. The number of rotatable bonds is 3. The smallest absolute Gasteiger partial charge is 0.154 e. The van der Waals surface area contributed by atoms with Crippen molar-refractivity contribution >= 4 is 12.7 Å². The van der Waals surface area contributed by atoms with E-state index in [9.17, 15) is 0 Å². The van der Waals surface area contributed by atoms with Crippen LogP contribution < -0.4 is 5.46 Å². The first-order chi connectivity index (χ1) is 6.45. The first-order valence-electron chi connectivity index (χ1n) is 4.95. The van der Waals surface area contributed by atoms with Crippen molar-refractivity contribution in [3.63, 3.8) is 0 Å². The van der Waals surface area contributed by atoms with Crippen LogP contribution in [0.2, 0.25) is 6.32 Å². The molecule has 1 unspecified atom stereocenters. The summed E-state index contributed by atoms with van der Waals surface area (Å²) in [4.78, 5) is 0. The minimum Gasteiger partial charge on any atom is -0.374 e. The highest BCUT2D eigenvalue weighted by Gasteiger charge is 2.21. The van der Waals surface area contributed by atoms with Gasteiger partial charge in [-0.1, -0.05) is 49.6 Å². The number of hydrogen-bond acceptors (Lipinski definition) is 1. The van der Waals surface area contributed by atoms with Gasteiger partial charge >= 0.3 is 0 Å². The van der Waals surface area contributed by atoms with Gasteiger partial charge in [-0.25, -0.2) is 0 Å². The van der Waals surface area contributed by atoms with Crippen molar-refractivity contribution in [2.24, 2.45) is 0 Å². The van der Waals surface area contributed by atoms with Gasteiger partial charge in [0.25, 0.3) is 0 Å². The summed E-state index contributed by atoms with van der Waals surface area (Å²) >= 11 is 0. The summed E-state index contributed by atoms with van der Waals surface area (Å²) in [5, 5.41) is 0. The van der Waals surface area contributed by atoms with E-state index in [1.54, 1.807) is 0 Å². The van der Waals surface area contributed by atoms with Gasteiger partial charge in [-0.15, -0.1) is 0 Å². The van der Waals surface area contributed by atoms with E-state index in [1.165, 1.54) is 5.46 Å². The maximum Gasteiger partial charge on any atom is 0.154 e. The summed E-state index contributed by atoms with van der Waals surface area (Å²) in [6, 6.07) is 10.4. The zero-order chi connectivity index (χ0) is 9.52. The van der Waals surface area contributed by atoms with Gasteiger partial charge in [0.15, 0.2) is 7.28 Å². The molecule has 0 aliphatic carbocycles. The lowest BCUT2D eigenvalue weighted by atomic mass is 9.66. The van der Waals surface area contributed by atoms with E-state index in [0.717, 1.165) is 12.9 Å². The zero-order valence-electron chi connectivity index (χ0n) is 8.36. The predicted molar refractivity (Wildman–Crippen MR) is 57.7 cm³/mol. The monoisotopic (exact) mass is 175 g/mol. The third kappa shape index (κ3) is 4.14. The van der Waals surface area contributed by atoms with Crippen LogP contribution in [0, 0.1) is 0 Å². The van der Waals surface area contributed by atoms with E-state index >= 15 is 0 Å². The van der Waals surface area contributed by atoms with E-state index in [1.807, 2.05) is 19.9 Å². The topological polar surface area (TPSA) is 12.5 Å². The minimum atomic E-state index is 0.509. The fourth-order valence-corrected chi connectivity index (χ4v) is 1.06. The van der Waals surface area contributed by atoms with Crippen LogP contribution in [0.3, 0.4) is 0 Å². The van der Waals surface area contributed by atoms with Gasteiger partial charge in [0.2, 0.25) is 0 Å². The van der Waals surface area contributed by atoms with Crippen LogP contribution in [0.1, 0.15) is 13.8 Å². The molecular formula is C11H16BO. The van der Waals surface area contributed by atoms with Crippen molar-refractivity contribution in [2.45, 2.75) is 26.3 Å². The summed E-state index contributed by atoms with van der Waals surface area (Å²) in [7, 11) is 2.22. The van der Waals surface area contributed by atoms with Crippen LogP contribution in [0.25, 0.3) is 0 Å². The minimum absolute atomic E-state index is 0.509. The Kier molecular flexibility index (Phi) is 4.62. The number of benzene rings is 1. The molecule has 0 saturated carbocycles. The summed E-state index contributed by atoms with van der Waals surface area (Å²) in [5.41, 5.74) is 1.29. The molecule has 0 amide bonds. The van der Waals surface area contributed by atoms with Crippen molar-refractivity contribution in [1.82, 2.24) is 0 Å². The van der Waals surface area contributed by atoms with Crippen LogP contribution in [0.15, 0.2) is 30.3 Å².